The predicted molar refractivity (Wildman–Crippen MR) is 57.9 cm³/mol. The largest absolute Gasteiger partial charge is 0.522 e. The summed E-state index contributed by atoms with van der Waals surface area (Å²) in [7, 11) is 0. The van der Waals surface area contributed by atoms with Gasteiger partial charge in [0.15, 0.2) is 0 Å². The maximum atomic E-state index is 11.6. The van der Waals surface area contributed by atoms with Gasteiger partial charge >= 0.3 is 6.36 Å². The van der Waals surface area contributed by atoms with Crippen molar-refractivity contribution in [3.63, 3.8) is 0 Å². The highest BCUT2D eigenvalue weighted by atomic mass is 35.5. The number of nitrogens with one attached hydrogen (secondary N) is 1. The van der Waals surface area contributed by atoms with Gasteiger partial charge in [-0.2, -0.15) is 0 Å². The van der Waals surface area contributed by atoms with Crippen LogP contribution in [0.25, 0.3) is 0 Å². The molecule has 2 nitrogen and oxygen atoms in total. The Hall–Kier alpha value is -0.300. The first-order valence-electron chi connectivity index (χ1n) is 4.63. The van der Waals surface area contributed by atoms with Crippen LogP contribution in [0.1, 0.15) is 4.88 Å². The third-order valence-electron chi connectivity index (χ3n) is 1.72. The number of rotatable bonds is 6. The Morgan fingerprint density at radius 2 is 2.06 bits per heavy atom. The van der Waals surface area contributed by atoms with E-state index < -0.39 is 6.36 Å². The molecule has 0 aliphatic carbocycles. The second-order valence-corrected chi connectivity index (χ2v) is 4.80. The van der Waals surface area contributed by atoms with Crippen LogP contribution in [0, 0.1) is 0 Å². The molecule has 1 aromatic heterocycles. The average Bonchev–Trinajstić information content (AvgIpc) is 2.56. The van der Waals surface area contributed by atoms with Crippen LogP contribution in [0.2, 0.25) is 4.34 Å². The fourth-order valence-corrected chi connectivity index (χ4v) is 2.15. The molecule has 1 heterocycles. The summed E-state index contributed by atoms with van der Waals surface area (Å²) in [6.45, 7) is 0.422. The second kappa shape index (κ2) is 6.44. The van der Waals surface area contributed by atoms with E-state index in [1.807, 2.05) is 6.07 Å². The van der Waals surface area contributed by atoms with Gasteiger partial charge in [-0.3, -0.25) is 4.74 Å². The molecule has 92 valence electrons. The van der Waals surface area contributed by atoms with Crippen molar-refractivity contribution in [2.45, 2.75) is 12.8 Å². The molecule has 1 aromatic rings. The summed E-state index contributed by atoms with van der Waals surface area (Å²) in [5, 5.41) is 2.85. The smallest absolute Gasteiger partial charge is 0.314 e. The van der Waals surface area contributed by atoms with Gasteiger partial charge in [-0.15, -0.1) is 24.5 Å². The van der Waals surface area contributed by atoms with E-state index in [0.29, 0.717) is 6.54 Å². The molecule has 0 amide bonds. The van der Waals surface area contributed by atoms with Crippen molar-refractivity contribution in [1.82, 2.24) is 5.32 Å². The Labute approximate surface area is 100 Å². The number of thiophene rings is 1. The van der Waals surface area contributed by atoms with Gasteiger partial charge in [0.25, 0.3) is 0 Å². The molecule has 0 saturated carbocycles. The van der Waals surface area contributed by atoms with Gasteiger partial charge in [0, 0.05) is 18.0 Å². The van der Waals surface area contributed by atoms with Gasteiger partial charge in [0.2, 0.25) is 0 Å². The van der Waals surface area contributed by atoms with Crippen LogP contribution in [0.5, 0.6) is 0 Å². The molecule has 16 heavy (non-hydrogen) atoms. The van der Waals surface area contributed by atoms with E-state index in [1.54, 1.807) is 6.07 Å². The minimum atomic E-state index is -4.54. The highest BCUT2D eigenvalue weighted by molar-refractivity contribution is 7.16. The second-order valence-electron chi connectivity index (χ2n) is 3.00. The molecule has 0 aliphatic rings. The molecular formula is C9H11ClF3NOS. The fraction of sp³-hybridized carbons (Fsp3) is 0.556. The molecule has 0 radical (unpaired) electrons. The number of ether oxygens (including phenoxy) is 1. The molecule has 1 N–H and O–H groups in total. The number of alkyl halides is 3. The minimum absolute atomic E-state index is 0.179. The lowest BCUT2D eigenvalue weighted by atomic mass is 10.3. The Balaban J connectivity index is 2.00. The topological polar surface area (TPSA) is 21.3 Å². The zero-order valence-electron chi connectivity index (χ0n) is 8.31. The Bertz CT molecular complexity index is 316. The summed E-state index contributed by atoms with van der Waals surface area (Å²) >= 11 is 7.20. The van der Waals surface area contributed by atoms with Crippen LogP contribution in [0.15, 0.2) is 12.1 Å². The quantitative estimate of drug-likeness (QED) is 0.805. The third-order valence-corrected chi connectivity index (χ3v) is 3.01. The van der Waals surface area contributed by atoms with Gasteiger partial charge in [0.1, 0.15) is 0 Å². The monoisotopic (exact) mass is 273 g/mol. The molecule has 0 saturated heterocycles. The van der Waals surface area contributed by atoms with Gasteiger partial charge in [-0.25, -0.2) is 0 Å². The van der Waals surface area contributed by atoms with E-state index in [2.05, 4.69) is 10.1 Å². The maximum absolute atomic E-state index is 11.6. The molecule has 0 unspecified atom stereocenters. The molecule has 0 spiro atoms. The zero-order valence-corrected chi connectivity index (χ0v) is 9.88. The van der Waals surface area contributed by atoms with E-state index >= 15 is 0 Å². The van der Waals surface area contributed by atoms with Crippen molar-refractivity contribution in [1.29, 1.82) is 0 Å². The van der Waals surface area contributed by atoms with Crippen molar-refractivity contribution in [2.75, 3.05) is 19.7 Å². The lowest BCUT2D eigenvalue weighted by molar-refractivity contribution is -0.323. The van der Waals surface area contributed by atoms with Crippen molar-refractivity contribution < 1.29 is 17.9 Å². The summed E-state index contributed by atoms with van der Waals surface area (Å²) in [5.74, 6) is 0. The van der Waals surface area contributed by atoms with Gasteiger partial charge in [0.05, 0.1) is 10.9 Å². The summed E-state index contributed by atoms with van der Waals surface area (Å²) in [4.78, 5) is 1.11. The first-order valence-corrected chi connectivity index (χ1v) is 5.82. The van der Waals surface area contributed by atoms with Crippen LogP contribution in [0.4, 0.5) is 13.2 Å². The summed E-state index contributed by atoms with van der Waals surface area (Å²) in [6, 6.07) is 3.70. The van der Waals surface area contributed by atoms with Crippen LogP contribution >= 0.6 is 22.9 Å². The van der Waals surface area contributed by atoms with Crippen molar-refractivity contribution in [3.8, 4) is 0 Å². The first kappa shape index (κ1) is 13.8. The van der Waals surface area contributed by atoms with E-state index in [0.717, 1.165) is 15.6 Å². The minimum Gasteiger partial charge on any atom is -0.314 e. The number of hydrogen-bond donors (Lipinski definition) is 1. The molecular weight excluding hydrogens is 263 g/mol. The number of hydrogen-bond acceptors (Lipinski definition) is 3. The van der Waals surface area contributed by atoms with E-state index in [4.69, 9.17) is 11.6 Å². The first-order chi connectivity index (χ1) is 7.47. The van der Waals surface area contributed by atoms with Gasteiger partial charge < -0.3 is 5.32 Å². The normalized spacial score (nSPS) is 12.0. The van der Waals surface area contributed by atoms with E-state index in [9.17, 15) is 13.2 Å². The molecule has 0 bridgehead atoms. The standard InChI is InChI=1S/C9H11ClF3NOS/c10-8-2-1-7(16-8)3-4-14-5-6-15-9(11,12)13/h1-2,14H,3-6H2. The van der Waals surface area contributed by atoms with Crippen molar-refractivity contribution in [2.24, 2.45) is 0 Å². The zero-order chi connectivity index (χ0) is 12.0. The highest BCUT2D eigenvalue weighted by Gasteiger charge is 2.28. The SMILES string of the molecule is FC(F)(F)OCCNCCc1ccc(Cl)s1. The molecule has 1 rings (SSSR count). The van der Waals surface area contributed by atoms with E-state index in [-0.39, 0.29) is 13.2 Å². The third kappa shape index (κ3) is 6.32. The average molecular weight is 274 g/mol. The molecule has 0 atom stereocenters. The summed E-state index contributed by atoms with van der Waals surface area (Å²) in [5.41, 5.74) is 0. The van der Waals surface area contributed by atoms with Crippen LogP contribution < -0.4 is 5.32 Å². The van der Waals surface area contributed by atoms with Crippen LogP contribution in [0.3, 0.4) is 0 Å². The van der Waals surface area contributed by atoms with Crippen LogP contribution in [-0.2, 0) is 11.2 Å². The maximum Gasteiger partial charge on any atom is 0.522 e. The number of halogens is 4. The van der Waals surface area contributed by atoms with Gasteiger partial charge in [-0.1, -0.05) is 11.6 Å². The molecule has 0 aromatic carbocycles. The van der Waals surface area contributed by atoms with Crippen LogP contribution in [-0.4, -0.2) is 26.1 Å². The summed E-state index contributed by atoms with van der Waals surface area (Å²) < 4.78 is 39.0. The van der Waals surface area contributed by atoms with Crippen molar-refractivity contribution >= 4 is 22.9 Å². The predicted octanol–water partition coefficient (Wildman–Crippen LogP) is 3.07. The lowest BCUT2D eigenvalue weighted by Gasteiger charge is -2.07. The van der Waals surface area contributed by atoms with Gasteiger partial charge in [-0.05, 0) is 18.6 Å². The lowest BCUT2D eigenvalue weighted by Crippen LogP contribution is -2.25. The fourth-order valence-electron chi connectivity index (χ4n) is 1.06. The van der Waals surface area contributed by atoms with Crippen molar-refractivity contribution in [3.05, 3.63) is 21.3 Å². The molecule has 7 heteroatoms. The molecule has 0 fully saturated rings. The van der Waals surface area contributed by atoms with E-state index in [1.165, 1.54) is 11.3 Å². The Morgan fingerprint density at radius 3 is 2.62 bits per heavy atom. The Morgan fingerprint density at radius 1 is 1.31 bits per heavy atom. The highest BCUT2D eigenvalue weighted by Crippen LogP contribution is 2.21. The Kier molecular flexibility index (Phi) is 5.54. The molecule has 0 aliphatic heterocycles. The summed E-state index contributed by atoms with van der Waals surface area (Å²) in [6.07, 6.45) is -3.79.